The van der Waals surface area contributed by atoms with E-state index in [2.05, 4.69) is 82.2 Å². The van der Waals surface area contributed by atoms with Crippen molar-refractivity contribution in [1.29, 1.82) is 0 Å². The lowest BCUT2D eigenvalue weighted by Gasteiger charge is -2.47. The van der Waals surface area contributed by atoms with Crippen LogP contribution in [-0.2, 0) is 5.54 Å². The van der Waals surface area contributed by atoms with Crippen molar-refractivity contribution in [2.24, 2.45) is 10.8 Å². The van der Waals surface area contributed by atoms with Gasteiger partial charge < -0.3 is 5.32 Å². The molecule has 0 amide bonds. The lowest BCUT2D eigenvalue weighted by molar-refractivity contribution is 0.183. The average Bonchev–Trinajstić information content (AvgIpc) is 2.37. The van der Waals surface area contributed by atoms with Crippen molar-refractivity contribution in [3.05, 3.63) is 54.0 Å². The van der Waals surface area contributed by atoms with Crippen LogP contribution in [0.25, 0.3) is 0 Å². The summed E-state index contributed by atoms with van der Waals surface area (Å²) in [6, 6.07) is 6.13. The first kappa shape index (κ1) is 14.8. The van der Waals surface area contributed by atoms with Crippen LogP contribution in [0.5, 0.6) is 0 Å². The van der Waals surface area contributed by atoms with E-state index in [9.17, 15) is 0 Å². The Morgan fingerprint density at radius 3 is 2.25 bits per heavy atom. The van der Waals surface area contributed by atoms with Gasteiger partial charge in [-0.1, -0.05) is 59.8 Å². The maximum atomic E-state index is 4.62. The Balaban J connectivity index is 2.54. The van der Waals surface area contributed by atoms with Crippen molar-refractivity contribution in [3.8, 4) is 0 Å². The molecule has 2 heterocycles. The van der Waals surface area contributed by atoms with E-state index in [1.807, 2.05) is 12.3 Å². The molecule has 1 aliphatic heterocycles. The Labute approximate surface area is 123 Å². The third-order valence-electron chi connectivity index (χ3n) is 4.00. The second kappa shape index (κ2) is 4.76. The predicted octanol–water partition coefficient (Wildman–Crippen LogP) is 4.41. The third-order valence-corrected chi connectivity index (χ3v) is 4.00. The van der Waals surface area contributed by atoms with Gasteiger partial charge in [-0.2, -0.15) is 0 Å². The maximum absolute atomic E-state index is 4.62. The van der Waals surface area contributed by atoms with Crippen molar-refractivity contribution in [3.63, 3.8) is 0 Å². The van der Waals surface area contributed by atoms with Crippen LogP contribution < -0.4 is 5.32 Å². The molecule has 0 radical (unpaired) electrons. The van der Waals surface area contributed by atoms with Gasteiger partial charge in [0, 0.05) is 17.3 Å². The highest BCUT2D eigenvalue weighted by Crippen LogP contribution is 2.43. The molecule has 0 fully saturated rings. The van der Waals surface area contributed by atoms with E-state index >= 15 is 0 Å². The first-order chi connectivity index (χ1) is 9.17. The van der Waals surface area contributed by atoms with Gasteiger partial charge in [0.05, 0.1) is 5.69 Å². The first-order valence-corrected chi connectivity index (χ1v) is 7.26. The lowest BCUT2D eigenvalue weighted by Crippen LogP contribution is -2.53. The highest BCUT2D eigenvalue weighted by molar-refractivity contribution is 5.36. The van der Waals surface area contributed by atoms with E-state index in [4.69, 9.17) is 0 Å². The normalized spacial score (nSPS) is 23.2. The SMILES string of the molecule is CC(C)(C)C1=CC=CC(c2ccccn2)(C(C)(C)C)N1. The fourth-order valence-corrected chi connectivity index (χ4v) is 2.59. The number of aromatic nitrogens is 1. The molecule has 2 heteroatoms. The predicted molar refractivity (Wildman–Crippen MR) is 85.2 cm³/mol. The molecule has 0 saturated heterocycles. The van der Waals surface area contributed by atoms with Gasteiger partial charge in [-0.05, 0) is 23.6 Å². The number of dihydropyridines is 1. The molecule has 0 saturated carbocycles. The third kappa shape index (κ3) is 2.52. The van der Waals surface area contributed by atoms with Crippen LogP contribution in [0.3, 0.4) is 0 Å². The molecule has 1 aliphatic rings. The molecular weight excluding hydrogens is 244 g/mol. The molecule has 0 bridgehead atoms. The van der Waals surface area contributed by atoms with Gasteiger partial charge in [-0.25, -0.2) is 0 Å². The van der Waals surface area contributed by atoms with E-state index in [1.54, 1.807) is 0 Å². The van der Waals surface area contributed by atoms with E-state index in [-0.39, 0.29) is 16.4 Å². The topological polar surface area (TPSA) is 24.9 Å². The molecular formula is C18H26N2. The first-order valence-electron chi connectivity index (χ1n) is 7.26. The summed E-state index contributed by atoms with van der Waals surface area (Å²) in [4.78, 5) is 4.62. The molecule has 1 N–H and O–H groups in total. The number of rotatable bonds is 1. The highest BCUT2D eigenvalue weighted by Gasteiger charge is 2.45. The molecule has 2 rings (SSSR count). The van der Waals surface area contributed by atoms with Gasteiger partial charge in [-0.15, -0.1) is 0 Å². The van der Waals surface area contributed by atoms with Crippen molar-refractivity contribution >= 4 is 0 Å². The van der Waals surface area contributed by atoms with E-state index in [0.717, 1.165) is 5.69 Å². The summed E-state index contributed by atoms with van der Waals surface area (Å²) in [6.45, 7) is 13.5. The van der Waals surface area contributed by atoms with Crippen LogP contribution in [-0.4, -0.2) is 4.98 Å². The molecule has 1 aromatic heterocycles. The van der Waals surface area contributed by atoms with Crippen LogP contribution in [0.4, 0.5) is 0 Å². The summed E-state index contributed by atoms with van der Waals surface area (Å²) in [5.74, 6) is 0. The molecule has 108 valence electrons. The van der Waals surface area contributed by atoms with Crippen molar-refractivity contribution in [1.82, 2.24) is 10.3 Å². The van der Waals surface area contributed by atoms with Crippen molar-refractivity contribution in [2.75, 3.05) is 0 Å². The molecule has 0 spiro atoms. The van der Waals surface area contributed by atoms with Gasteiger partial charge in [0.2, 0.25) is 0 Å². The minimum Gasteiger partial charge on any atom is -0.373 e. The molecule has 1 aromatic rings. The second-order valence-electron chi connectivity index (χ2n) is 7.59. The molecule has 0 aliphatic carbocycles. The van der Waals surface area contributed by atoms with Gasteiger partial charge in [-0.3, -0.25) is 4.98 Å². The van der Waals surface area contributed by atoms with E-state index in [0.29, 0.717) is 0 Å². The van der Waals surface area contributed by atoms with Gasteiger partial charge in [0.15, 0.2) is 0 Å². The summed E-state index contributed by atoms with van der Waals surface area (Å²) in [5.41, 5.74) is 2.16. The van der Waals surface area contributed by atoms with Crippen LogP contribution in [0.1, 0.15) is 47.2 Å². The van der Waals surface area contributed by atoms with Crippen molar-refractivity contribution < 1.29 is 0 Å². The van der Waals surface area contributed by atoms with Crippen molar-refractivity contribution in [2.45, 2.75) is 47.1 Å². The standard InChI is InChI=1S/C18H26N2/c1-16(2,3)14-11-9-12-18(20-14,17(4,5)6)15-10-7-8-13-19-15/h7-13,20H,1-6H3. The Morgan fingerprint density at radius 2 is 1.75 bits per heavy atom. The monoisotopic (exact) mass is 270 g/mol. The summed E-state index contributed by atoms with van der Waals surface area (Å²) < 4.78 is 0. The summed E-state index contributed by atoms with van der Waals surface area (Å²) in [5, 5.41) is 3.77. The number of pyridine rings is 1. The fourth-order valence-electron chi connectivity index (χ4n) is 2.59. The van der Waals surface area contributed by atoms with E-state index in [1.165, 1.54) is 5.70 Å². The largest absolute Gasteiger partial charge is 0.373 e. The number of allylic oxidation sites excluding steroid dienone is 3. The smallest absolute Gasteiger partial charge is 0.103 e. The quantitative estimate of drug-likeness (QED) is 0.817. The number of hydrogen-bond donors (Lipinski definition) is 1. The number of nitrogens with one attached hydrogen (secondary N) is 1. The average molecular weight is 270 g/mol. The zero-order chi connectivity index (χ0) is 15.0. The molecule has 1 atom stereocenters. The highest BCUT2D eigenvalue weighted by atomic mass is 15.0. The summed E-state index contributed by atoms with van der Waals surface area (Å²) >= 11 is 0. The Kier molecular flexibility index (Phi) is 3.53. The fraction of sp³-hybridized carbons (Fsp3) is 0.500. The Bertz CT molecular complexity index is 527. The molecule has 20 heavy (non-hydrogen) atoms. The molecule has 1 unspecified atom stereocenters. The minimum atomic E-state index is -0.272. The minimum absolute atomic E-state index is 0.0165. The molecule has 0 aromatic carbocycles. The zero-order valence-electron chi connectivity index (χ0n) is 13.5. The lowest BCUT2D eigenvalue weighted by atomic mass is 9.69. The van der Waals surface area contributed by atoms with Crippen LogP contribution >= 0.6 is 0 Å². The zero-order valence-corrected chi connectivity index (χ0v) is 13.5. The van der Waals surface area contributed by atoms with Gasteiger partial charge in [0.25, 0.3) is 0 Å². The number of hydrogen-bond acceptors (Lipinski definition) is 2. The summed E-state index contributed by atoms with van der Waals surface area (Å²) in [6.07, 6.45) is 8.45. The Morgan fingerprint density at radius 1 is 1.05 bits per heavy atom. The van der Waals surface area contributed by atoms with Gasteiger partial charge >= 0.3 is 0 Å². The molecule has 2 nitrogen and oxygen atoms in total. The van der Waals surface area contributed by atoms with Crippen LogP contribution in [0.15, 0.2) is 48.3 Å². The Hall–Kier alpha value is -1.57. The van der Waals surface area contributed by atoms with Crippen LogP contribution in [0.2, 0.25) is 0 Å². The maximum Gasteiger partial charge on any atom is 0.103 e. The van der Waals surface area contributed by atoms with Crippen LogP contribution in [0, 0.1) is 10.8 Å². The van der Waals surface area contributed by atoms with E-state index < -0.39 is 0 Å². The van der Waals surface area contributed by atoms with Gasteiger partial charge in [0.1, 0.15) is 5.54 Å². The summed E-state index contributed by atoms with van der Waals surface area (Å²) in [7, 11) is 0. The number of nitrogens with zero attached hydrogens (tertiary/aromatic N) is 1. The second-order valence-corrected chi connectivity index (χ2v) is 7.59.